The molecule has 1 aromatic heterocycles. The number of aliphatic carboxylic acids is 1. The van der Waals surface area contributed by atoms with Gasteiger partial charge in [0.1, 0.15) is 5.82 Å². The van der Waals surface area contributed by atoms with E-state index in [0.29, 0.717) is 13.1 Å². The Balaban J connectivity index is 1.80. The van der Waals surface area contributed by atoms with Gasteiger partial charge in [-0.1, -0.05) is 12.1 Å². The molecule has 2 aromatic rings. The molecule has 0 unspecified atom stereocenters. The summed E-state index contributed by atoms with van der Waals surface area (Å²) in [5.41, 5.74) is 1.02. The molecule has 100 valence electrons. The number of carboxylic acid groups (broad SMARTS) is 1. The van der Waals surface area contributed by atoms with E-state index in [2.05, 4.69) is 5.32 Å². The van der Waals surface area contributed by atoms with Crippen LogP contribution in [0, 0.1) is 5.82 Å². The average molecular weight is 279 g/mol. The van der Waals surface area contributed by atoms with E-state index in [9.17, 15) is 9.18 Å². The predicted molar refractivity (Wildman–Crippen MR) is 72.6 cm³/mol. The summed E-state index contributed by atoms with van der Waals surface area (Å²) in [5.74, 6) is -1.05. The van der Waals surface area contributed by atoms with E-state index in [-0.39, 0.29) is 12.2 Å². The lowest BCUT2D eigenvalue weighted by Gasteiger charge is -2.03. The van der Waals surface area contributed by atoms with E-state index in [0.717, 1.165) is 15.3 Å². The summed E-state index contributed by atoms with van der Waals surface area (Å²) in [6, 6.07) is 10.1. The van der Waals surface area contributed by atoms with E-state index in [4.69, 9.17) is 5.11 Å². The zero-order chi connectivity index (χ0) is 13.7. The summed E-state index contributed by atoms with van der Waals surface area (Å²) in [5, 5.41) is 11.9. The number of hydrogen-bond donors (Lipinski definition) is 2. The molecule has 0 aliphatic carbocycles. The highest BCUT2D eigenvalue weighted by Gasteiger charge is 2.04. The molecule has 5 heteroatoms. The monoisotopic (exact) mass is 279 g/mol. The van der Waals surface area contributed by atoms with Gasteiger partial charge in [0.2, 0.25) is 0 Å². The highest BCUT2D eigenvalue weighted by molar-refractivity contribution is 7.12. The van der Waals surface area contributed by atoms with Crippen molar-refractivity contribution in [1.29, 1.82) is 0 Å². The average Bonchev–Trinajstić information content (AvgIpc) is 2.78. The van der Waals surface area contributed by atoms with Gasteiger partial charge in [-0.05, 0) is 29.8 Å². The van der Waals surface area contributed by atoms with E-state index >= 15 is 0 Å². The molecule has 1 heterocycles. The van der Waals surface area contributed by atoms with Gasteiger partial charge < -0.3 is 10.4 Å². The van der Waals surface area contributed by atoms with Crippen LogP contribution in [0.2, 0.25) is 0 Å². The maximum atomic E-state index is 12.7. The molecule has 0 aliphatic heterocycles. The lowest BCUT2D eigenvalue weighted by molar-refractivity contribution is -0.136. The fraction of sp³-hybridized carbons (Fsp3) is 0.214. The number of hydrogen-bond acceptors (Lipinski definition) is 3. The van der Waals surface area contributed by atoms with Crippen LogP contribution in [0.1, 0.15) is 15.3 Å². The molecule has 0 spiro atoms. The number of benzene rings is 1. The Morgan fingerprint density at radius 2 is 1.79 bits per heavy atom. The maximum absolute atomic E-state index is 12.7. The van der Waals surface area contributed by atoms with Crippen LogP contribution in [0.5, 0.6) is 0 Å². The molecule has 2 rings (SSSR count). The zero-order valence-corrected chi connectivity index (χ0v) is 11.0. The largest absolute Gasteiger partial charge is 0.481 e. The van der Waals surface area contributed by atoms with Crippen molar-refractivity contribution in [3.63, 3.8) is 0 Å². The van der Waals surface area contributed by atoms with Crippen molar-refractivity contribution in [2.75, 3.05) is 0 Å². The van der Waals surface area contributed by atoms with Crippen LogP contribution in [-0.4, -0.2) is 11.1 Å². The zero-order valence-electron chi connectivity index (χ0n) is 10.2. The number of carboxylic acids is 1. The van der Waals surface area contributed by atoms with Crippen LogP contribution in [0.4, 0.5) is 4.39 Å². The quantitative estimate of drug-likeness (QED) is 0.855. The van der Waals surface area contributed by atoms with Gasteiger partial charge in [-0.2, -0.15) is 0 Å². The lowest BCUT2D eigenvalue weighted by atomic mass is 10.2. The van der Waals surface area contributed by atoms with E-state index in [1.807, 2.05) is 12.1 Å². The summed E-state index contributed by atoms with van der Waals surface area (Å²) in [6.45, 7) is 1.34. The number of rotatable bonds is 6. The van der Waals surface area contributed by atoms with Crippen molar-refractivity contribution in [2.24, 2.45) is 0 Å². The molecular formula is C14H14FNO2S. The third-order valence-corrected chi connectivity index (χ3v) is 3.67. The summed E-state index contributed by atoms with van der Waals surface area (Å²) >= 11 is 1.50. The molecule has 0 fully saturated rings. The summed E-state index contributed by atoms with van der Waals surface area (Å²) in [7, 11) is 0. The Hall–Kier alpha value is -1.72. The Morgan fingerprint density at radius 3 is 2.47 bits per heavy atom. The maximum Gasteiger partial charge on any atom is 0.308 e. The van der Waals surface area contributed by atoms with Crippen molar-refractivity contribution < 1.29 is 14.3 Å². The first-order valence-electron chi connectivity index (χ1n) is 5.88. The Morgan fingerprint density at radius 1 is 1.11 bits per heavy atom. The SMILES string of the molecule is O=C(O)Cc1ccc(CNCc2ccc(F)cc2)s1. The Labute approximate surface area is 114 Å². The minimum absolute atomic E-state index is 0.0721. The van der Waals surface area contributed by atoms with Gasteiger partial charge in [-0.25, -0.2) is 4.39 Å². The highest BCUT2D eigenvalue weighted by atomic mass is 32.1. The van der Waals surface area contributed by atoms with Crippen molar-refractivity contribution >= 4 is 17.3 Å². The first kappa shape index (κ1) is 13.7. The minimum Gasteiger partial charge on any atom is -0.481 e. The van der Waals surface area contributed by atoms with Crippen LogP contribution < -0.4 is 5.32 Å². The summed E-state index contributed by atoms with van der Waals surface area (Å²) in [6.07, 6.45) is 0.0721. The number of halogens is 1. The second-order valence-electron chi connectivity index (χ2n) is 4.17. The first-order chi connectivity index (χ1) is 9.13. The van der Waals surface area contributed by atoms with E-state index < -0.39 is 5.97 Å². The molecule has 3 nitrogen and oxygen atoms in total. The molecule has 2 N–H and O–H groups in total. The summed E-state index contributed by atoms with van der Waals surface area (Å²) < 4.78 is 12.7. The third kappa shape index (κ3) is 4.46. The molecule has 1 aromatic carbocycles. The molecule has 0 bridgehead atoms. The molecule has 0 aliphatic rings. The van der Waals surface area contributed by atoms with Gasteiger partial charge in [0, 0.05) is 22.8 Å². The van der Waals surface area contributed by atoms with Gasteiger partial charge in [-0.15, -0.1) is 11.3 Å². The van der Waals surface area contributed by atoms with Gasteiger partial charge in [0.05, 0.1) is 6.42 Å². The second-order valence-corrected chi connectivity index (χ2v) is 5.42. The predicted octanol–water partition coefficient (Wildman–Crippen LogP) is 2.80. The standard InChI is InChI=1S/C14H14FNO2S/c15-11-3-1-10(2-4-11)8-16-9-13-6-5-12(19-13)7-14(17)18/h1-6,16H,7-9H2,(H,17,18). The molecule has 0 atom stereocenters. The number of nitrogens with one attached hydrogen (secondary N) is 1. The normalized spacial score (nSPS) is 10.6. The van der Waals surface area contributed by atoms with E-state index in [1.165, 1.54) is 23.5 Å². The second kappa shape index (κ2) is 6.45. The molecule has 0 saturated carbocycles. The van der Waals surface area contributed by atoms with Crippen LogP contribution in [0.25, 0.3) is 0 Å². The molecule has 0 amide bonds. The van der Waals surface area contributed by atoms with Crippen LogP contribution in [-0.2, 0) is 24.3 Å². The van der Waals surface area contributed by atoms with Gasteiger partial charge in [0.15, 0.2) is 0 Å². The van der Waals surface area contributed by atoms with Gasteiger partial charge in [-0.3, -0.25) is 4.79 Å². The lowest BCUT2D eigenvalue weighted by Crippen LogP contribution is -2.11. The van der Waals surface area contributed by atoms with Gasteiger partial charge in [0.25, 0.3) is 0 Å². The molecule has 0 radical (unpaired) electrons. The molecule has 0 saturated heterocycles. The Bertz CT molecular complexity index is 551. The fourth-order valence-electron chi connectivity index (χ4n) is 1.69. The number of thiophene rings is 1. The summed E-state index contributed by atoms with van der Waals surface area (Å²) in [4.78, 5) is 12.5. The van der Waals surface area contributed by atoms with Crippen LogP contribution >= 0.6 is 11.3 Å². The van der Waals surface area contributed by atoms with Crippen molar-refractivity contribution in [3.05, 3.63) is 57.5 Å². The van der Waals surface area contributed by atoms with Crippen LogP contribution in [0.3, 0.4) is 0 Å². The highest BCUT2D eigenvalue weighted by Crippen LogP contribution is 2.17. The topological polar surface area (TPSA) is 49.3 Å². The molecule has 19 heavy (non-hydrogen) atoms. The van der Waals surface area contributed by atoms with Crippen molar-refractivity contribution in [2.45, 2.75) is 19.5 Å². The smallest absolute Gasteiger partial charge is 0.308 e. The van der Waals surface area contributed by atoms with Crippen molar-refractivity contribution in [1.82, 2.24) is 5.32 Å². The Kier molecular flexibility index (Phi) is 4.65. The fourth-order valence-corrected chi connectivity index (χ4v) is 2.67. The minimum atomic E-state index is -0.812. The van der Waals surface area contributed by atoms with Crippen LogP contribution in [0.15, 0.2) is 36.4 Å². The van der Waals surface area contributed by atoms with Gasteiger partial charge >= 0.3 is 5.97 Å². The first-order valence-corrected chi connectivity index (χ1v) is 6.69. The van der Waals surface area contributed by atoms with E-state index in [1.54, 1.807) is 12.1 Å². The number of carbonyl (C=O) groups is 1. The molecular weight excluding hydrogens is 265 g/mol. The third-order valence-electron chi connectivity index (χ3n) is 2.58. The van der Waals surface area contributed by atoms with Crippen molar-refractivity contribution in [3.8, 4) is 0 Å².